The van der Waals surface area contributed by atoms with Crippen LogP contribution >= 0.6 is 23.2 Å². The second-order valence-corrected chi connectivity index (χ2v) is 7.46. The van der Waals surface area contributed by atoms with Crippen molar-refractivity contribution in [3.05, 3.63) is 81.4 Å². The quantitative estimate of drug-likeness (QED) is 0.374. The van der Waals surface area contributed by atoms with Gasteiger partial charge in [0.25, 0.3) is 0 Å². The van der Waals surface area contributed by atoms with Gasteiger partial charge in [0.05, 0.1) is 27.0 Å². The molecule has 3 rings (SSSR count). The third-order valence-corrected chi connectivity index (χ3v) is 5.29. The van der Waals surface area contributed by atoms with Crippen molar-refractivity contribution in [3.63, 3.8) is 0 Å². The van der Waals surface area contributed by atoms with Crippen LogP contribution in [0.5, 0.6) is 11.5 Å². The van der Waals surface area contributed by atoms with Crippen LogP contribution in [0.3, 0.4) is 0 Å². The summed E-state index contributed by atoms with van der Waals surface area (Å²) in [7, 11) is 0. The first-order chi connectivity index (χ1) is 14.3. The lowest BCUT2D eigenvalue weighted by molar-refractivity contribution is -0.137. The highest BCUT2D eigenvalue weighted by Crippen LogP contribution is 2.36. The lowest BCUT2D eigenvalue weighted by atomic mass is 10.1. The molecule has 0 aliphatic heterocycles. The highest BCUT2D eigenvalue weighted by Gasteiger charge is 2.31. The molecule has 8 heteroatoms. The first kappa shape index (κ1) is 22.4. The van der Waals surface area contributed by atoms with Crippen LogP contribution in [-0.2, 0) is 25.4 Å². The van der Waals surface area contributed by atoms with Crippen LogP contribution in [0, 0.1) is 0 Å². The summed E-state index contributed by atoms with van der Waals surface area (Å²) >= 11 is 12.3. The molecule has 0 bridgehead atoms. The van der Waals surface area contributed by atoms with Crippen molar-refractivity contribution in [3.8, 4) is 11.5 Å². The van der Waals surface area contributed by atoms with E-state index in [2.05, 4.69) is 9.97 Å². The number of aromatic nitrogens is 2. The molecule has 3 aromatic rings. The van der Waals surface area contributed by atoms with Crippen LogP contribution in [-0.4, -0.2) is 9.97 Å². The van der Waals surface area contributed by atoms with Gasteiger partial charge in [-0.05, 0) is 61.6 Å². The van der Waals surface area contributed by atoms with Crippen LogP contribution in [0.15, 0.2) is 48.8 Å². The maximum absolute atomic E-state index is 12.7. The van der Waals surface area contributed by atoms with Crippen molar-refractivity contribution >= 4 is 23.2 Å². The lowest BCUT2D eigenvalue weighted by Crippen LogP contribution is -2.04. The number of rotatable bonds is 7. The molecule has 3 nitrogen and oxygen atoms in total. The van der Waals surface area contributed by atoms with Crippen LogP contribution in [0.2, 0.25) is 10.0 Å². The first-order valence-corrected chi connectivity index (χ1v) is 10.1. The van der Waals surface area contributed by atoms with Crippen LogP contribution in [0.1, 0.15) is 35.9 Å². The Balaban J connectivity index is 1.58. The second-order valence-electron chi connectivity index (χ2n) is 6.68. The molecule has 1 heterocycles. The standard InChI is InChI=1S/C22H19Cl2F3N2O/c1-2-18-21(24)19(29-13-28-18)5-3-4-14-6-9-16(10-7-14)30-20-11-8-15(12-17(20)23)22(25,26)27/h6-13H,2-5H2,1H3. The van der Waals surface area contributed by atoms with E-state index in [0.717, 1.165) is 54.8 Å². The molecule has 158 valence electrons. The molecule has 0 aliphatic carbocycles. The molecule has 0 aliphatic rings. The molecule has 0 saturated heterocycles. The summed E-state index contributed by atoms with van der Waals surface area (Å²) in [5.74, 6) is 0.661. The van der Waals surface area contributed by atoms with Crippen molar-refractivity contribution in [2.24, 2.45) is 0 Å². The fourth-order valence-corrected chi connectivity index (χ4v) is 3.48. The summed E-state index contributed by atoms with van der Waals surface area (Å²) in [6, 6.07) is 10.4. The summed E-state index contributed by atoms with van der Waals surface area (Å²) < 4.78 is 43.8. The van der Waals surface area contributed by atoms with E-state index in [1.54, 1.807) is 18.5 Å². The SMILES string of the molecule is CCc1ncnc(CCCc2ccc(Oc3ccc(C(F)(F)F)cc3Cl)cc2)c1Cl. The number of aryl methyl sites for hydroxylation is 3. The summed E-state index contributed by atoms with van der Waals surface area (Å²) in [6.45, 7) is 2.00. The van der Waals surface area contributed by atoms with E-state index in [9.17, 15) is 13.2 Å². The number of ether oxygens (including phenoxy) is 1. The Morgan fingerprint density at radius 2 is 1.63 bits per heavy atom. The van der Waals surface area contributed by atoms with Crippen molar-refractivity contribution in [1.82, 2.24) is 9.97 Å². The number of hydrogen-bond acceptors (Lipinski definition) is 3. The first-order valence-electron chi connectivity index (χ1n) is 9.39. The van der Waals surface area contributed by atoms with E-state index < -0.39 is 11.7 Å². The topological polar surface area (TPSA) is 35.0 Å². The smallest absolute Gasteiger partial charge is 0.416 e. The molecule has 1 aromatic heterocycles. The van der Waals surface area contributed by atoms with E-state index in [-0.39, 0.29) is 10.8 Å². The van der Waals surface area contributed by atoms with E-state index in [4.69, 9.17) is 27.9 Å². The molecule has 30 heavy (non-hydrogen) atoms. The predicted molar refractivity (Wildman–Crippen MR) is 111 cm³/mol. The maximum atomic E-state index is 12.7. The minimum atomic E-state index is -4.45. The van der Waals surface area contributed by atoms with Crippen molar-refractivity contribution in [2.45, 2.75) is 38.8 Å². The maximum Gasteiger partial charge on any atom is 0.416 e. The zero-order chi connectivity index (χ0) is 21.7. The van der Waals surface area contributed by atoms with E-state index >= 15 is 0 Å². The van der Waals surface area contributed by atoms with Crippen molar-refractivity contribution in [2.75, 3.05) is 0 Å². The molecule has 0 amide bonds. The predicted octanol–water partition coefficient (Wildman–Crippen LogP) is 7.33. The van der Waals surface area contributed by atoms with Gasteiger partial charge >= 0.3 is 6.18 Å². The minimum absolute atomic E-state index is 0.0953. The Morgan fingerprint density at radius 3 is 2.27 bits per heavy atom. The van der Waals surface area contributed by atoms with Gasteiger partial charge in [-0.25, -0.2) is 9.97 Å². The van der Waals surface area contributed by atoms with Crippen LogP contribution < -0.4 is 4.74 Å². The molecule has 0 atom stereocenters. The Morgan fingerprint density at radius 1 is 0.933 bits per heavy atom. The Hall–Kier alpha value is -2.31. The van der Waals surface area contributed by atoms with Gasteiger partial charge < -0.3 is 4.74 Å². The number of alkyl halides is 3. The molecule has 0 spiro atoms. The Bertz CT molecular complexity index is 1010. The van der Waals surface area contributed by atoms with Gasteiger partial charge in [-0.1, -0.05) is 42.3 Å². The molecule has 0 fully saturated rings. The molecular weight excluding hydrogens is 436 g/mol. The largest absolute Gasteiger partial charge is 0.456 e. The summed E-state index contributed by atoms with van der Waals surface area (Å²) in [4.78, 5) is 8.43. The van der Waals surface area contributed by atoms with Gasteiger partial charge in [0.1, 0.15) is 17.8 Å². The Kier molecular flexibility index (Phi) is 7.21. The normalized spacial score (nSPS) is 11.5. The zero-order valence-electron chi connectivity index (χ0n) is 16.1. The van der Waals surface area contributed by atoms with E-state index in [0.29, 0.717) is 10.8 Å². The summed E-state index contributed by atoms with van der Waals surface area (Å²) in [5, 5.41) is 0.541. The average Bonchev–Trinajstić information content (AvgIpc) is 2.71. The monoisotopic (exact) mass is 454 g/mol. The number of benzene rings is 2. The van der Waals surface area contributed by atoms with E-state index in [1.807, 2.05) is 19.1 Å². The van der Waals surface area contributed by atoms with Crippen molar-refractivity contribution < 1.29 is 17.9 Å². The third kappa shape index (κ3) is 5.64. The van der Waals surface area contributed by atoms with Crippen LogP contribution in [0.25, 0.3) is 0 Å². The molecule has 0 radical (unpaired) electrons. The van der Waals surface area contributed by atoms with Gasteiger partial charge in [-0.2, -0.15) is 13.2 Å². The lowest BCUT2D eigenvalue weighted by Gasteiger charge is -2.11. The number of halogens is 5. The van der Waals surface area contributed by atoms with Gasteiger partial charge in [0.2, 0.25) is 0 Å². The summed E-state index contributed by atoms with van der Waals surface area (Å²) in [6.07, 6.45) is 0.289. The molecule has 2 aromatic carbocycles. The number of hydrogen-bond donors (Lipinski definition) is 0. The van der Waals surface area contributed by atoms with Gasteiger partial charge in [-0.15, -0.1) is 0 Å². The Labute approximate surface area is 182 Å². The van der Waals surface area contributed by atoms with E-state index in [1.165, 1.54) is 6.07 Å². The summed E-state index contributed by atoms with van der Waals surface area (Å²) in [5.41, 5.74) is 1.98. The number of nitrogens with zero attached hydrogens (tertiary/aromatic N) is 2. The fraction of sp³-hybridized carbons (Fsp3) is 0.273. The average molecular weight is 455 g/mol. The van der Waals surface area contributed by atoms with Crippen molar-refractivity contribution in [1.29, 1.82) is 0 Å². The van der Waals surface area contributed by atoms with Gasteiger partial charge in [0.15, 0.2) is 0 Å². The molecule has 0 unspecified atom stereocenters. The van der Waals surface area contributed by atoms with Gasteiger partial charge in [-0.3, -0.25) is 0 Å². The fourth-order valence-electron chi connectivity index (χ4n) is 2.94. The second kappa shape index (κ2) is 9.67. The molecule has 0 saturated carbocycles. The highest BCUT2D eigenvalue weighted by atomic mass is 35.5. The molecular formula is C22H19Cl2F3N2O. The van der Waals surface area contributed by atoms with Crippen LogP contribution in [0.4, 0.5) is 13.2 Å². The minimum Gasteiger partial charge on any atom is -0.456 e. The molecule has 0 N–H and O–H groups in total. The zero-order valence-corrected chi connectivity index (χ0v) is 17.7. The highest BCUT2D eigenvalue weighted by molar-refractivity contribution is 6.32. The third-order valence-electron chi connectivity index (χ3n) is 4.56. The van der Waals surface area contributed by atoms with Gasteiger partial charge in [0, 0.05) is 0 Å².